The van der Waals surface area contributed by atoms with E-state index in [1.165, 1.54) is 17.7 Å². The Balaban J connectivity index is 1.72. The van der Waals surface area contributed by atoms with Crippen molar-refractivity contribution in [3.8, 4) is 0 Å². The molecule has 0 aliphatic heterocycles. The van der Waals surface area contributed by atoms with E-state index in [1.54, 1.807) is 23.5 Å². The molecule has 0 saturated heterocycles. The number of thiophene rings is 1. The second-order valence-electron chi connectivity index (χ2n) is 6.35. The molecule has 7 heteroatoms. The Labute approximate surface area is 167 Å². The van der Waals surface area contributed by atoms with E-state index in [0.717, 1.165) is 16.9 Å². The molecule has 3 rings (SSSR count). The molecule has 0 spiro atoms. The van der Waals surface area contributed by atoms with Crippen molar-refractivity contribution in [3.05, 3.63) is 92.2 Å². The fourth-order valence-electron chi connectivity index (χ4n) is 3.01. The van der Waals surface area contributed by atoms with Gasteiger partial charge in [-0.05, 0) is 29.5 Å². The van der Waals surface area contributed by atoms with Crippen LogP contribution in [0.5, 0.6) is 0 Å². The molecule has 1 heterocycles. The Hall–Kier alpha value is -3.03. The normalized spacial score (nSPS) is 11.8. The number of carbonyl (C=O) groups is 1. The van der Waals surface area contributed by atoms with Crippen molar-refractivity contribution < 1.29 is 15.0 Å². The maximum absolute atomic E-state index is 12.4. The highest BCUT2D eigenvalue weighted by molar-refractivity contribution is 7.10. The summed E-state index contributed by atoms with van der Waals surface area (Å²) in [7, 11) is 0. The molecule has 1 aromatic heterocycles. The number of anilines is 1. The number of nitrogens with zero attached hydrogens (tertiary/aromatic N) is 1. The molecule has 0 bridgehead atoms. The molecule has 0 fully saturated rings. The van der Waals surface area contributed by atoms with Crippen LogP contribution in [-0.2, 0) is 11.2 Å². The Morgan fingerprint density at radius 2 is 1.89 bits per heavy atom. The zero-order chi connectivity index (χ0) is 19.9. The van der Waals surface area contributed by atoms with Gasteiger partial charge in [0.15, 0.2) is 6.54 Å². The van der Waals surface area contributed by atoms with Crippen LogP contribution in [0.25, 0.3) is 0 Å². The van der Waals surface area contributed by atoms with Gasteiger partial charge in [0.05, 0.1) is 9.80 Å². The number of aryl methyl sites for hydroxylation is 1. The molecule has 0 saturated carbocycles. The molecule has 28 heavy (non-hydrogen) atoms. The van der Waals surface area contributed by atoms with Gasteiger partial charge >= 0.3 is 0 Å². The summed E-state index contributed by atoms with van der Waals surface area (Å²) in [6, 6.07) is 18.6. The SMILES string of the molecule is CCc1ccc([C@H]([NH2+]CC(=O)Nc2ccccc2[N+](=O)[O-])c2cccs2)cc1. The van der Waals surface area contributed by atoms with Crippen molar-refractivity contribution >= 4 is 28.6 Å². The topological polar surface area (TPSA) is 88.8 Å². The highest BCUT2D eigenvalue weighted by Crippen LogP contribution is 2.24. The van der Waals surface area contributed by atoms with Crippen molar-refractivity contribution in [2.45, 2.75) is 19.4 Å². The fourth-order valence-corrected chi connectivity index (χ4v) is 3.86. The van der Waals surface area contributed by atoms with Gasteiger partial charge < -0.3 is 10.6 Å². The first kappa shape index (κ1) is 19.7. The molecule has 0 radical (unpaired) electrons. The Bertz CT molecular complexity index is 940. The summed E-state index contributed by atoms with van der Waals surface area (Å²) in [5.41, 5.74) is 2.49. The van der Waals surface area contributed by atoms with Crippen molar-refractivity contribution in [2.75, 3.05) is 11.9 Å². The average Bonchev–Trinajstić information content (AvgIpc) is 3.23. The number of benzene rings is 2. The Kier molecular flexibility index (Phi) is 6.52. The number of quaternary nitrogens is 1. The first-order valence-corrected chi connectivity index (χ1v) is 9.95. The predicted octanol–water partition coefficient (Wildman–Crippen LogP) is 3.51. The van der Waals surface area contributed by atoms with Gasteiger partial charge in [-0.1, -0.05) is 49.4 Å². The molecule has 1 atom stereocenters. The lowest BCUT2D eigenvalue weighted by Crippen LogP contribution is -2.87. The maximum Gasteiger partial charge on any atom is 0.292 e. The molecule has 144 valence electrons. The van der Waals surface area contributed by atoms with E-state index in [2.05, 4.69) is 42.6 Å². The van der Waals surface area contributed by atoms with Crippen LogP contribution in [0.15, 0.2) is 66.0 Å². The standard InChI is InChI=1S/C21H21N3O3S/c1-2-15-9-11-16(12-10-15)21(19-8-5-13-28-19)22-14-20(25)23-17-6-3-4-7-18(17)24(26)27/h3-13,21-22H,2,14H2,1H3,(H,23,25)/p+1/t21-/m0/s1. The third-order valence-corrected chi connectivity index (χ3v) is 5.47. The lowest BCUT2D eigenvalue weighted by molar-refractivity contribution is -0.675. The van der Waals surface area contributed by atoms with Crippen LogP contribution in [0.4, 0.5) is 11.4 Å². The number of hydrogen-bond donors (Lipinski definition) is 2. The second-order valence-corrected chi connectivity index (χ2v) is 7.33. The van der Waals surface area contributed by atoms with Crippen molar-refractivity contribution in [1.82, 2.24) is 0 Å². The summed E-state index contributed by atoms with van der Waals surface area (Å²) < 4.78 is 0. The highest BCUT2D eigenvalue weighted by atomic mass is 32.1. The van der Waals surface area contributed by atoms with E-state index in [-0.39, 0.29) is 29.9 Å². The summed E-state index contributed by atoms with van der Waals surface area (Å²) in [6.07, 6.45) is 0.978. The van der Waals surface area contributed by atoms with Crippen molar-refractivity contribution in [2.24, 2.45) is 0 Å². The summed E-state index contributed by atoms with van der Waals surface area (Å²) in [6.45, 7) is 2.27. The number of nitro groups is 1. The first-order valence-electron chi connectivity index (χ1n) is 9.07. The predicted molar refractivity (Wildman–Crippen MR) is 111 cm³/mol. The second kappa shape index (κ2) is 9.25. The van der Waals surface area contributed by atoms with Crippen LogP contribution < -0.4 is 10.6 Å². The number of amides is 1. The zero-order valence-electron chi connectivity index (χ0n) is 15.5. The molecule has 0 aliphatic rings. The lowest BCUT2D eigenvalue weighted by atomic mass is 10.0. The molecule has 6 nitrogen and oxygen atoms in total. The van der Waals surface area contributed by atoms with Crippen LogP contribution in [0.3, 0.4) is 0 Å². The average molecular weight is 396 g/mol. The van der Waals surface area contributed by atoms with Crippen molar-refractivity contribution in [1.29, 1.82) is 0 Å². The van der Waals surface area contributed by atoms with E-state index >= 15 is 0 Å². The van der Waals surface area contributed by atoms with E-state index in [1.807, 2.05) is 16.8 Å². The zero-order valence-corrected chi connectivity index (χ0v) is 16.3. The van der Waals surface area contributed by atoms with Crippen LogP contribution >= 0.6 is 11.3 Å². The van der Waals surface area contributed by atoms with Crippen LogP contribution in [0, 0.1) is 10.1 Å². The first-order chi connectivity index (χ1) is 13.6. The number of nitrogens with one attached hydrogen (secondary N) is 1. The van der Waals surface area contributed by atoms with Gasteiger partial charge in [0, 0.05) is 11.6 Å². The quantitative estimate of drug-likeness (QED) is 0.451. The summed E-state index contributed by atoms with van der Waals surface area (Å²) in [5.74, 6) is -0.277. The Morgan fingerprint density at radius 3 is 2.54 bits per heavy atom. The number of nitro benzene ring substituents is 1. The number of nitrogens with two attached hydrogens (primary N) is 1. The van der Waals surface area contributed by atoms with E-state index in [4.69, 9.17) is 0 Å². The number of para-hydroxylation sites is 2. The summed E-state index contributed by atoms with van der Waals surface area (Å²) >= 11 is 1.65. The van der Waals surface area contributed by atoms with Gasteiger partial charge in [-0.3, -0.25) is 14.9 Å². The smallest absolute Gasteiger partial charge is 0.292 e. The third kappa shape index (κ3) is 4.82. The van der Waals surface area contributed by atoms with E-state index < -0.39 is 4.92 Å². The van der Waals surface area contributed by atoms with Gasteiger partial charge in [-0.25, -0.2) is 0 Å². The van der Waals surface area contributed by atoms with Gasteiger partial charge in [-0.2, -0.15) is 0 Å². The minimum absolute atomic E-state index is 0.00224. The van der Waals surface area contributed by atoms with Gasteiger partial charge in [0.1, 0.15) is 11.7 Å². The van der Waals surface area contributed by atoms with Crippen LogP contribution in [0.2, 0.25) is 0 Å². The summed E-state index contributed by atoms with van der Waals surface area (Å²) in [4.78, 5) is 24.2. The number of rotatable bonds is 8. The molecule has 0 unspecified atom stereocenters. The molecule has 0 aliphatic carbocycles. The number of carbonyl (C=O) groups excluding carboxylic acids is 1. The van der Waals surface area contributed by atoms with E-state index in [0.29, 0.717) is 0 Å². The van der Waals surface area contributed by atoms with Gasteiger partial charge in [0.2, 0.25) is 0 Å². The molecule has 1 amide bonds. The Morgan fingerprint density at radius 1 is 1.14 bits per heavy atom. The molecule has 2 aromatic carbocycles. The minimum Gasteiger partial charge on any atom is -0.328 e. The fraction of sp³-hybridized carbons (Fsp3) is 0.190. The molecule has 3 aromatic rings. The maximum atomic E-state index is 12.4. The highest BCUT2D eigenvalue weighted by Gasteiger charge is 2.21. The summed E-state index contributed by atoms with van der Waals surface area (Å²) in [5, 5.41) is 17.7. The molecule has 3 N–H and O–H groups in total. The number of hydrogen-bond acceptors (Lipinski definition) is 4. The van der Waals surface area contributed by atoms with Crippen LogP contribution in [0.1, 0.15) is 29.0 Å². The van der Waals surface area contributed by atoms with Crippen molar-refractivity contribution in [3.63, 3.8) is 0 Å². The monoisotopic (exact) mass is 396 g/mol. The lowest BCUT2D eigenvalue weighted by Gasteiger charge is -2.15. The molecular formula is C21H22N3O3S+. The third-order valence-electron chi connectivity index (χ3n) is 4.51. The largest absolute Gasteiger partial charge is 0.328 e. The van der Waals surface area contributed by atoms with Crippen LogP contribution in [-0.4, -0.2) is 17.4 Å². The molecular weight excluding hydrogens is 374 g/mol. The minimum atomic E-state index is -0.497. The van der Waals surface area contributed by atoms with Gasteiger partial charge in [-0.15, -0.1) is 11.3 Å². The van der Waals surface area contributed by atoms with Gasteiger partial charge in [0.25, 0.3) is 11.6 Å². The van der Waals surface area contributed by atoms with E-state index in [9.17, 15) is 14.9 Å².